The van der Waals surface area contributed by atoms with Crippen molar-refractivity contribution in [1.29, 1.82) is 0 Å². The first kappa shape index (κ1) is 17.1. The molecule has 1 aliphatic heterocycles. The van der Waals surface area contributed by atoms with Gasteiger partial charge in [-0.25, -0.2) is 4.39 Å². The second-order valence-electron chi connectivity index (χ2n) is 6.01. The molecule has 3 rings (SSSR count). The van der Waals surface area contributed by atoms with E-state index in [0.29, 0.717) is 31.7 Å². The van der Waals surface area contributed by atoms with Crippen LogP contribution < -0.4 is 5.73 Å². The first-order chi connectivity index (χ1) is 12.1. The molecule has 1 saturated heterocycles. The van der Waals surface area contributed by atoms with E-state index < -0.39 is 6.04 Å². The number of halogens is 1. The molecule has 6 heteroatoms. The highest BCUT2D eigenvalue weighted by Gasteiger charge is 2.28. The van der Waals surface area contributed by atoms with Crippen LogP contribution in [-0.2, 0) is 4.79 Å². The summed E-state index contributed by atoms with van der Waals surface area (Å²) in [6.07, 6.45) is 0. The van der Waals surface area contributed by atoms with Crippen molar-refractivity contribution in [3.8, 4) is 0 Å². The Kier molecular flexibility index (Phi) is 5.09. The molecule has 130 valence electrons. The van der Waals surface area contributed by atoms with E-state index >= 15 is 0 Å². The molecule has 1 unspecified atom stereocenters. The van der Waals surface area contributed by atoms with Gasteiger partial charge >= 0.3 is 0 Å². The van der Waals surface area contributed by atoms with Crippen molar-refractivity contribution in [2.75, 3.05) is 26.2 Å². The van der Waals surface area contributed by atoms with Crippen LogP contribution in [0.3, 0.4) is 0 Å². The van der Waals surface area contributed by atoms with Gasteiger partial charge in [0.1, 0.15) is 11.9 Å². The second kappa shape index (κ2) is 7.44. The molecule has 0 aromatic heterocycles. The van der Waals surface area contributed by atoms with E-state index in [0.717, 1.165) is 5.56 Å². The lowest BCUT2D eigenvalue weighted by atomic mass is 10.1. The van der Waals surface area contributed by atoms with Crippen molar-refractivity contribution in [3.63, 3.8) is 0 Å². The predicted molar refractivity (Wildman–Crippen MR) is 92.3 cm³/mol. The molecule has 5 nitrogen and oxygen atoms in total. The summed E-state index contributed by atoms with van der Waals surface area (Å²) in [5, 5.41) is 0. The van der Waals surface area contributed by atoms with Gasteiger partial charge in [0.05, 0.1) is 0 Å². The topological polar surface area (TPSA) is 66.6 Å². The van der Waals surface area contributed by atoms with Gasteiger partial charge in [0.25, 0.3) is 5.91 Å². The number of hydrogen-bond donors (Lipinski definition) is 1. The maximum Gasteiger partial charge on any atom is 0.253 e. The molecule has 1 aliphatic rings. The van der Waals surface area contributed by atoms with Gasteiger partial charge in [0.2, 0.25) is 5.91 Å². The van der Waals surface area contributed by atoms with Crippen molar-refractivity contribution >= 4 is 11.8 Å². The van der Waals surface area contributed by atoms with Crippen LogP contribution in [0, 0.1) is 5.82 Å². The third-order valence-corrected chi connectivity index (χ3v) is 4.39. The molecular formula is C19H20FN3O2. The van der Waals surface area contributed by atoms with Crippen LogP contribution in [0.1, 0.15) is 22.0 Å². The van der Waals surface area contributed by atoms with E-state index in [9.17, 15) is 14.0 Å². The third-order valence-electron chi connectivity index (χ3n) is 4.39. The average molecular weight is 341 g/mol. The highest BCUT2D eigenvalue weighted by molar-refractivity contribution is 5.94. The van der Waals surface area contributed by atoms with Crippen LogP contribution in [0.15, 0.2) is 54.6 Å². The standard InChI is InChI=1S/C19H20FN3O2/c20-16-8-6-15(7-9-16)18(24)22-10-12-23(13-11-22)19(25)17(21)14-4-2-1-3-5-14/h1-9,17H,10-13,21H2. The van der Waals surface area contributed by atoms with Crippen molar-refractivity contribution in [3.05, 3.63) is 71.5 Å². The van der Waals surface area contributed by atoms with Crippen LogP contribution in [0.2, 0.25) is 0 Å². The molecule has 0 spiro atoms. The van der Waals surface area contributed by atoms with Crippen LogP contribution in [0.5, 0.6) is 0 Å². The summed E-state index contributed by atoms with van der Waals surface area (Å²) >= 11 is 0. The van der Waals surface area contributed by atoms with Crippen molar-refractivity contribution < 1.29 is 14.0 Å². The lowest BCUT2D eigenvalue weighted by Gasteiger charge is -2.36. The lowest BCUT2D eigenvalue weighted by molar-refractivity contribution is -0.134. The normalized spacial score (nSPS) is 15.8. The van der Waals surface area contributed by atoms with E-state index in [4.69, 9.17) is 5.73 Å². The third kappa shape index (κ3) is 3.85. The molecule has 2 aromatic rings. The first-order valence-electron chi connectivity index (χ1n) is 8.20. The zero-order valence-corrected chi connectivity index (χ0v) is 13.8. The summed E-state index contributed by atoms with van der Waals surface area (Å²) < 4.78 is 13.0. The molecule has 0 radical (unpaired) electrons. The Hall–Kier alpha value is -2.73. The number of hydrogen-bond acceptors (Lipinski definition) is 3. The summed E-state index contributed by atoms with van der Waals surface area (Å²) in [6.45, 7) is 1.74. The molecule has 2 aromatic carbocycles. The van der Waals surface area contributed by atoms with E-state index in [1.165, 1.54) is 24.3 Å². The number of piperazine rings is 1. The predicted octanol–water partition coefficient (Wildman–Crippen LogP) is 1.81. The smallest absolute Gasteiger partial charge is 0.253 e. The van der Waals surface area contributed by atoms with Gasteiger partial charge in [0.15, 0.2) is 0 Å². The Morgan fingerprint density at radius 1 is 0.880 bits per heavy atom. The van der Waals surface area contributed by atoms with Crippen LogP contribution in [0.4, 0.5) is 4.39 Å². The first-order valence-corrected chi connectivity index (χ1v) is 8.20. The molecule has 2 N–H and O–H groups in total. The highest BCUT2D eigenvalue weighted by atomic mass is 19.1. The van der Waals surface area contributed by atoms with Gasteiger partial charge in [-0.15, -0.1) is 0 Å². The molecule has 0 saturated carbocycles. The fourth-order valence-electron chi connectivity index (χ4n) is 2.90. The van der Waals surface area contributed by atoms with Crippen molar-refractivity contribution in [2.24, 2.45) is 5.73 Å². The lowest BCUT2D eigenvalue weighted by Crippen LogP contribution is -2.52. The zero-order valence-electron chi connectivity index (χ0n) is 13.8. The number of nitrogens with zero attached hydrogens (tertiary/aromatic N) is 2. The summed E-state index contributed by atoms with van der Waals surface area (Å²) in [5.74, 6) is -0.665. The Balaban J connectivity index is 1.59. The molecule has 0 bridgehead atoms. The minimum atomic E-state index is -0.694. The molecular weight excluding hydrogens is 321 g/mol. The summed E-state index contributed by atoms with van der Waals surface area (Å²) in [5.41, 5.74) is 7.28. The number of carbonyl (C=O) groups is 2. The number of rotatable bonds is 3. The molecule has 2 amide bonds. The summed E-state index contributed by atoms with van der Waals surface area (Å²) in [4.78, 5) is 28.3. The SMILES string of the molecule is NC(C(=O)N1CCN(C(=O)c2ccc(F)cc2)CC1)c1ccccc1. The summed E-state index contributed by atoms with van der Waals surface area (Å²) in [6, 6.07) is 14.0. The monoisotopic (exact) mass is 341 g/mol. The zero-order chi connectivity index (χ0) is 17.8. The largest absolute Gasteiger partial charge is 0.337 e. The number of amides is 2. The van der Waals surface area contributed by atoms with Gasteiger partial charge in [-0.1, -0.05) is 30.3 Å². The van der Waals surface area contributed by atoms with Gasteiger partial charge in [-0.05, 0) is 29.8 Å². The second-order valence-corrected chi connectivity index (χ2v) is 6.01. The summed E-state index contributed by atoms with van der Waals surface area (Å²) in [7, 11) is 0. The van der Waals surface area contributed by atoms with Crippen LogP contribution in [-0.4, -0.2) is 47.8 Å². The molecule has 1 atom stereocenters. The van der Waals surface area contributed by atoms with E-state index in [2.05, 4.69) is 0 Å². The van der Waals surface area contributed by atoms with Crippen molar-refractivity contribution in [2.45, 2.75) is 6.04 Å². The number of carbonyl (C=O) groups excluding carboxylic acids is 2. The van der Waals surface area contributed by atoms with Crippen molar-refractivity contribution in [1.82, 2.24) is 9.80 Å². The minimum absolute atomic E-state index is 0.139. The molecule has 25 heavy (non-hydrogen) atoms. The Labute approximate surface area is 145 Å². The number of nitrogens with two attached hydrogens (primary N) is 1. The maximum absolute atomic E-state index is 13.0. The van der Waals surface area contributed by atoms with Gasteiger partial charge in [0, 0.05) is 31.7 Å². The average Bonchev–Trinajstić information content (AvgIpc) is 2.67. The Bertz CT molecular complexity index is 741. The van der Waals surface area contributed by atoms with Gasteiger partial charge < -0.3 is 15.5 Å². The Morgan fingerprint density at radius 2 is 1.44 bits per heavy atom. The van der Waals surface area contributed by atoms with E-state index in [1.807, 2.05) is 30.3 Å². The van der Waals surface area contributed by atoms with Gasteiger partial charge in [-0.3, -0.25) is 9.59 Å². The minimum Gasteiger partial charge on any atom is -0.337 e. The fourth-order valence-corrected chi connectivity index (χ4v) is 2.90. The van der Waals surface area contributed by atoms with E-state index in [-0.39, 0.29) is 17.6 Å². The molecule has 1 heterocycles. The number of benzene rings is 2. The fraction of sp³-hybridized carbons (Fsp3) is 0.263. The van der Waals surface area contributed by atoms with E-state index in [1.54, 1.807) is 9.80 Å². The highest BCUT2D eigenvalue weighted by Crippen LogP contribution is 2.15. The quantitative estimate of drug-likeness (QED) is 0.926. The molecule has 0 aliphatic carbocycles. The van der Waals surface area contributed by atoms with Crippen LogP contribution in [0.25, 0.3) is 0 Å². The Morgan fingerprint density at radius 3 is 2.04 bits per heavy atom. The molecule has 1 fully saturated rings. The maximum atomic E-state index is 13.0. The van der Waals surface area contributed by atoms with Crippen LogP contribution >= 0.6 is 0 Å². The van der Waals surface area contributed by atoms with Gasteiger partial charge in [-0.2, -0.15) is 0 Å².